The summed E-state index contributed by atoms with van der Waals surface area (Å²) in [5, 5.41) is 3.03. The van der Waals surface area contributed by atoms with Crippen LogP contribution >= 0.6 is 24.8 Å². The van der Waals surface area contributed by atoms with E-state index in [0.29, 0.717) is 32.1 Å². The smallest absolute Gasteiger partial charge is 0.237 e. The highest BCUT2D eigenvalue weighted by Crippen LogP contribution is 2.19. The summed E-state index contributed by atoms with van der Waals surface area (Å²) >= 11 is 0. The van der Waals surface area contributed by atoms with Gasteiger partial charge in [-0.3, -0.25) is 14.5 Å². The van der Waals surface area contributed by atoms with Gasteiger partial charge < -0.3 is 16.0 Å². The largest absolute Gasteiger partial charge is 0.352 e. The molecule has 0 bridgehead atoms. The molecular weight excluding hydrogens is 315 g/mol. The van der Waals surface area contributed by atoms with Crippen molar-refractivity contribution in [3.8, 4) is 0 Å². The molecule has 0 aromatic rings. The van der Waals surface area contributed by atoms with Crippen LogP contribution in [0.4, 0.5) is 0 Å². The minimum absolute atomic E-state index is 0. The van der Waals surface area contributed by atoms with Gasteiger partial charge in [-0.05, 0) is 19.8 Å². The molecule has 0 spiro atoms. The standard InChI is InChI=1S/C13H24N4O2.2ClH/c1-10(13(19)15-11-2-3-11)16-6-8-17(9-7-16)12(18)4-5-14;;/h10-11H,2-9,14H2,1H3,(H,15,19);2*1H. The number of nitrogens with one attached hydrogen (secondary N) is 1. The number of carbonyl (C=O) groups excluding carboxylic acids is 2. The van der Waals surface area contributed by atoms with Crippen LogP contribution in [0, 0.1) is 0 Å². The zero-order valence-electron chi connectivity index (χ0n) is 12.4. The first-order chi connectivity index (χ1) is 9.11. The number of carbonyl (C=O) groups is 2. The number of halogens is 2. The lowest BCUT2D eigenvalue weighted by Crippen LogP contribution is -2.55. The SMILES string of the molecule is CC(C(=O)NC1CC1)N1CCN(C(=O)CCN)CC1.Cl.Cl. The summed E-state index contributed by atoms with van der Waals surface area (Å²) in [6.07, 6.45) is 2.64. The number of hydrogen-bond acceptors (Lipinski definition) is 4. The molecule has 1 aliphatic carbocycles. The van der Waals surface area contributed by atoms with Crippen LogP contribution in [0.15, 0.2) is 0 Å². The molecular formula is C13H26Cl2N4O2. The minimum atomic E-state index is -0.104. The van der Waals surface area contributed by atoms with Gasteiger partial charge in [-0.1, -0.05) is 0 Å². The lowest BCUT2D eigenvalue weighted by atomic mass is 10.2. The third kappa shape index (κ3) is 5.98. The third-order valence-electron chi connectivity index (χ3n) is 3.88. The van der Waals surface area contributed by atoms with Crippen molar-refractivity contribution < 1.29 is 9.59 Å². The molecule has 21 heavy (non-hydrogen) atoms. The van der Waals surface area contributed by atoms with E-state index >= 15 is 0 Å². The van der Waals surface area contributed by atoms with Crippen LogP contribution in [0.25, 0.3) is 0 Å². The summed E-state index contributed by atoms with van der Waals surface area (Å²) in [6, 6.07) is 0.301. The molecule has 1 aliphatic heterocycles. The van der Waals surface area contributed by atoms with Crippen LogP contribution in [0.1, 0.15) is 26.2 Å². The van der Waals surface area contributed by atoms with E-state index in [1.165, 1.54) is 0 Å². The zero-order valence-corrected chi connectivity index (χ0v) is 14.0. The van der Waals surface area contributed by atoms with Crippen LogP contribution in [-0.4, -0.2) is 66.4 Å². The van der Waals surface area contributed by atoms with E-state index in [1.807, 2.05) is 11.8 Å². The highest BCUT2D eigenvalue weighted by Gasteiger charge is 2.30. The summed E-state index contributed by atoms with van der Waals surface area (Å²) < 4.78 is 0. The Labute approximate surface area is 138 Å². The Morgan fingerprint density at radius 2 is 1.76 bits per heavy atom. The fourth-order valence-corrected chi connectivity index (χ4v) is 2.36. The van der Waals surface area contributed by atoms with Crippen LogP contribution < -0.4 is 11.1 Å². The molecule has 2 amide bonds. The first-order valence-corrected chi connectivity index (χ1v) is 7.14. The van der Waals surface area contributed by atoms with E-state index in [9.17, 15) is 9.59 Å². The van der Waals surface area contributed by atoms with Crippen molar-refractivity contribution in [3.63, 3.8) is 0 Å². The summed E-state index contributed by atoms with van der Waals surface area (Å²) in [6.45, 7) is 5.25. The molecule has 1 saturated carbocycles. The van der Waals surface area contributed by atoms with Gasteiger partial charge in [-0.15, -0.1) is 24.8 Å². The van der Waals surface area contributed by atoms with Crippen molar-refractivity contribution in [1.82, 2.24) is 15.1 Å². The highest BCUT2D eigenvalue weighted by atomic mass is 35.5. The number of amides is 2. The van der Waals surface area contributed by atoms with Crippen LogP contribution in [0.3, 0.4) is 0 Å². The summed E-state index contributed by atoms with van der Waals surface area (Å²) in [5.41, 5.74) is 5.39. The summed E-state index contributed by atoms with van der Waals surface area (Å²) in [5.74, 6) is 0.237. The Kier molecular flexibility index (Phi) is 9.20. The van der Waals surface area contributed by atoms with Gasteiger partial charge in [0.25, 0.3) is 0 Å². The Balaban J connectivity index is 0.00000200. The van der Waals surface area contributed by atoms with Crippen molar-refractivity contribution in [2.75, 3.05) is 32.7 Å². The monoisotopic (exact) mass is 340 g/mol. The lowest BCUT2D eigenvalue weighted by molar-refractivity contribution is -0.134. The Morgan fingerprint density at radius 3 is 2.24 bits per heavy atom. The predicted octanol–water partition coefficient (Wildman–Crippen LogP) is -0.00990. The van der Waals surface area contributed by atoms with Gasteiger partial charge in [0, 0.05) is 45.2 Å². The van der Waals surface area contributed by atoms with Gasteiger partial charge >= 0.3 is 0 Å². The van der Waals surface area contributed by atoms with Gasteiger partial charge in [-0.2, -0.15) is 0 Å². The fourth-order valence-electron chi connectivity index (χ4n) is 2.36. The number of nitrogens with zero attached hydrogens (tertiary/aromatic N) is 2. The van der Waals surface area contributed by atoms with Gasteiger partial charge in [0.1, 0.15) is 0 Å². The van der Waals surface area contributed by atoms with Crippen molar-refractivity contribution in [2.45, 2.75) is 38.3 Å². The molecule has 0 aromatic heterocycles. The highest BCUT2D eigenvalue weighted by molar-refractivity contribution is 5.85. The second-order valence-corrected chi connectivity index (χ2v) is 5.41. The third-order valence-corrected chi connectivity index (χ3v) is 3.88. The fraction of sp³-hybridized carbons (Fsp3) is 0.846. The lowest BCUT2D eigenvalue weighted by Gasteiger charge is -2.37. The van der Waals surface area contributed by atoms with Crippen molar-refractivity contribution in [3.05, 3.63) is 0 Å². The summed E-state index contributed by atoms with van der Waals surface area (Å²) in [4.78, 5) is 27.7. The van der Waals surface area contributed by atoms with E-state index in [0.717, 1.165) is 25.9 Å². The Bertz CT molecular complexity index is 345. The quantitative estimate of drug-likeness (QED) is 0.737. The number of hydrogen-bond donors (Lipinski definition) is 2. The molecule has 124 valence electrons. The van der Waals surface area contributed by atoms with Crippen molar-refractivity contribution in [2.24, 2.45) is 5.73 Å². The van der Waals surface area contributed by atoms with E-state index in [4.69, 9.17) is 5.73 Å². The van der Waals surface area contributed by atoms with Crippen LogP contribution in [-0.2, 0) is 9.59 Å². The maximum Gasteiger partial charge on any atom is 0.237 e. The molecule has 1 heterocycles. The molecule has 2 aliphatic rings. The molecule has 1 unspecified atom stereocenters. The van der Waals surface area contributed by atoms with Crippen molar-refractivity contribution in [1.29, 1.82) is 0 Å². The molecule has 0 aromatic carbocycles. The van der Waals surface area contributed by atoms with Crippen molar-refractivity contribution >= 4 is 36.6 Å². The van der Waals surface area contributed by atoms with Crippen LogP contribution in [0.2, 0.25) is 0 Å². The van der Waals surface area contributed by atoms with Gasteiger partial charge in [0.15, 0.2) is 0 Å². The van der Waals surface area contributed by atoms with Gasteiger partial charge in [0.2, 0.25) is 11.8 Å². The Morgan fingerprint density at radius 1 is 1.19 bits per heavy atom. The first-order valence-electron chi connectivity index (χ1n) is 7.14. The zero-order chi connectivity index (χ0) is 13.8. The molecule has 8 heteroatoms. The number of piperazine rings is 1. The average Bonchev–Trinajstić information content (AvgIpc) is 3.22. The molecule has 3 N–H and O–H groups in total. The van der Waals surface area contributed by atoms with Gasteiger partial charge in [0.05, 0.1) is 6.04 Å². The normalized spacial score (nSPS) is 20.0. The Hall–Kier alpha value is -0.560. The topological polar surface area (TPSA) is 78.7 Å². The molecule has 6 nitrogen and oxygen atoms in total. The molecule has 1 saturated heterocycles. The predicted molar refractivity (Wildman–Crippen MR) is 86.9 cm³/mol. The summed E-state index contributed by atoms with van der Waals surface area (Å²) in [7, 11) is 0. The van der Waals surface area contributed by atoms with Crippen LogP contribution in [0.5, 0.6) is 0 Å². The maximum absolute atomic E-state index is 12.0. The second kappa shape index (κ2) is 9.46. The number of rotatable bonds is 5. The van der Waals surface area contributed by atoms with Gasteiger partial charge in [-0.25, -0.2) is 0 Å². The molecule has 2 rings (SSSR count). The van der Waals surface area contributed by atoms with E-state index in [1.54, 1.807) is 0 Å². The number of nitrogens with two attached hydrogens (primary N) is 1. The van der Waals surface area contributed by atoms with E-state index in [-0.39, 0.29) is 42.7 Å². The molecule has 1 atom stereocenters. The second-order valence-electron chi connectivity index (χ2n) is 5.41. The van der Waals surface area contributed by atoms with E-state index < -0.39 is 0 Å². The molecule has 0 radical (unpaired) electrons. The molecule has 2 fully saturated rings. The van der Waals surface area contributed by atoms with E-state index in [2.05, 4.69) is 10.2 Å². The average molecular weight is 341 g/mol. The first kappa shape index (κ1) is 20.4. The maximum atomic E-state index is 12.0. The minimum Gasteiger partial charge on any atom is -0.352 e.